The molecule has 0 unspecified atom stereocenters. The molecule has 1 aliphatic rings. The molecule has 1 fully saturated rings. The summed E-state index contributed by atoms with van der Waals surface area (Å²) in [7, 11) is 1.37. The predicted molar refractivity (Wildman–Crippen MR) is 51.5 cm³/mol. The molecule has 4 nitrogen and oxygen atoms in total. The molecule has 1 aliphatic heterocycles. The molecule has 14 heavy (non-hydrogen) atoms. The summed E-state index contributed by atoms with van der Waals surface area (Å²) >= 11 is 0. The number of carbonyl (C=O) groups excluding carboxylic acids is 2. The highest BCUT2D eigenvalue weighted by atomic mass is 16.5. The molecule has 0 aliphatic carbocycles. The fourth-order valence-corrected chi connectivity index (χ4v) is 1.88. The molecule has 0 bridgehead atoms. The van der Waals surface area contributed by atoms with Crippen molar-refractivity contribution in [3.05, 3.63) is 0 Å². The molecule has 1 N–H and O–H groups in total. The first-order valence-corrected chi connectivity index (χ1v) is 4.92. The van der Waals surface area contributed by atoms with Crippen LogP contribution in [0.25, 0.3) is 0 Å². The van der Waals surface area contributed by atoms with E-state index in [4.69, 9.17) is 0 Å². The Labute approximate surface area is 84.0 Å². The average Bonchev–Trinajstić information content (AvgIpc) is 2.44. The van der Waals surface area contributed by atoms with E-state index in [1.807, 2.05) is 6.92 Å². The monoisotopic (exact) mass is 199 g/mol. The van der Waals surface area contributed by atoms with Crippen LogP contribution in [0.3, 0.4) is 0 Å². The van der Waals surface area contributed by atoms with Crippen molar-refractivity contribution >= 4 is 11.9 Å². The highest BCUT2D eigenvalue weighted by molar-refractivity contribution is 5.82. The number of ether oxygens (including phenoxy) is 1. The number of hydrogen-bond acceptors (Lipinski definition) is 3. The van der Waals surface area contributed by atoms with E-state index in [9.17, 15) is 9.59 Å². The Morgan fingerprint density at radius 2 is 2.36 bits per heavy atom. The topological polar surface area (TPSA) is 55.4 Å². The van der Waals surface area contributed by atoms with E-state index in [0.29, 0.717) is 6.42 Å². The first-order valence-electron chi connectivity index (χ1n) is 4.92. The molecule has 0 aromatic heterocycles. The van der Waals surface area contributed by atoms with E-state index in [-0.39, 0.29) is 29.8 Å². The maximum absolute atomic E-state index is 11.4. The van der Waals surface area contributed by atoms with Crippen molar-refractivity contribution in [2.75, 3.05) is 7.11 Å². The number of nitrogens with one attached hydrogen (secondary N) is 1. The van der Waals surface area contributed by atoms with Crippen molar-refractivity contribution in [1.82, 2.24) is 5.32 Å². The molecule has 3 atom stereocenters. The van der Waals surface area contributed by atoms with Crippen molar-refractivity contribution in [1.29, 1.82) is 0 Å². The molecule has 1 saturated heterocycles. The molecule has 0 radical (unpaired) electrons. The van der Waals surface area contributed by atoms with Crippen LogP contribution in [0, 0.1) is 11.8 Å². The minimum atomic E-state index is -0.239. The molecule has 0 aromatic rings. The minimum absolute atomic E-state index is 0.0286. The van der Waals surface area contributed by atoms with Gasteiger partial charge in [0.15, 0.2) is 0 Å². The number of rotatable bonds is 3. The molecular formula is C10H17NO3. The minimum Gasteiger partial charge on any atom is -0.469 e. The van der Waals surface area contributed by atoms with E-state index in [1.54, 1.807) is 6.92 Å². The van der Waals surface area contributed by atoms with Gasteiger partial charge in [0.2, 0.25) is 5.91 Å². The van der Waals surface area contributed by atoms with Crippen molar-refractivity contribution in [2.45, 2.75) is 32.7 Å². The summed E-state index contributed by atoms with van der Waals surface area (Å²) in [6.45, 7) is 3.77. The lowest BCUT2D eigenvalue weighted by Gasteiger charge is -2.12. The lowest BCUT2D eigenvalue weighted by atomic mass is 9.93. The number of methoxy groups -OCH3 is 1. The van der Waals surface area contributed by atoms with Gasteiger partial charge < -0.3 is 10.1 Å². The van der Waals surface area contributed by atoms with E-state index in [1.165, 1.54) is 7.11 Å². The van der Waals surface area contributed by atoms with Crippen molar-refractivity contribution < 1.29 is 14.3 Å². The summed E-state index contributed by atoms with van der Waals surface area (Å²) in [6, 6.07) is 0.234. The Kier molecular flexibility index (Phi) is 3.49. The van der Waals surface area contributed by atoms with Gasteiger partial charge in [0.1, 0.15) is 0 Å². The number of esters is 1. The fraction of sp³-hybridized carbons (Fsp3) is 0.800. The third-order valence-electron chi connectivity index (χ3n) is 2.64. The number of hydrogen-bond donors (Lipinski definition) is 1. The second kappa shape index (κ2) is 4.44. The Hall–Kier alpha value is -1.06. The highest BCUT2D eigenvalue weighted by Gasteiger charge is 2.32. The van der Waals surface area contributed by atoms with Crippen LogP contribution in [0.15, 0.2) is 0 Å². The first kappa shape index (κ1) is 11.0. The van der Waals surface area contributed by atoms with E-state index in [2.05, 4.69) is 10.1 Å². The van der Waals surface area contributed by atoms with Gasteiger partial charge in [-0.2, -0.15) is 0 Å². The van der Waals surface area contributed by atoms with Crippen LogP contribution in [-0.4, -0.2) is 25.0 Å². The van der Waals surface area contributed by atoms with Crippen molar-refractivity contribution in [3.63, 3.8) is 0 Å². The highest BCUT2D eigenvalue weighted by Crippen LogP contribution is 2.23. The van der Waals surface area contributed by atoms with Gasteiger partial charge in [-0.1, -0.05) is 6.92 Å². The largest absolute Gasteiger partial charge is 0.469 e. The van der Waals surface area contributed by atoms with Crippen LogP contribution < -0.4 is 5.32 Å². The molecule has 1 amide bonds. The second-order valence-electron chi connectivity index (χ2n) is 4.00. The third-order valence-corrected chi connectivity index (χ3v) is 2.64. The van der Waals surface area contributed by atoms with Gasteiger partial charge in [-0.15, -0.1) is 0 Å². The summed E-state index contributed by atoms with van der Waals surface area (Å²) in [4.78, 5) is 22.5. The summed E-state index contributed by atoms with van der Waals surface area (Å²) in [5, 5.41) is 2.84. The molecule has 0 saturated carbocycles. The summed E-state index contributed by atoms with van der Waals surface area (Å²) < 4.78 is 4.61. The zero-order valence-electron chi connectivity index (χ0n) is 8.87. The Morgan fingerprint density at radius 1 is 1.71 bits per heavy atom. The predicted octanol–water partition coefficient (Wildman–Crippen LogP) is 0.710. The van der Waals surface area contributed by atoms with Gasteiger partial charge in [-0.3, -0.25) is 9.59 Å². The summed E-state index contributed by atoms with van der Waals surface area (Å²) in [6.07, 6.45) is 1.41. The molecule has 4 heteroatoms. The average molecular weight is 199 g/mol. The SMILES string of the molecule is COC(=O)[C@@H](C)C[C@@H]1C[C@@H](C)NC1=O. The lowest BCUT2D eigenvalue weighted by Crippen LogP contribution is -2.25. The first-order chi connectivity index (χ1) is 6.54. The van der Waals surface area contributed by atoms with Gasteiger partial charge in [-0.05, 0) is 19.8 Å². The van der Waals surface area contributed by atoms with Crippen LogP contribution in [0.1, 0.15) is 26.7 Å². The summed E-state index contributed by atoms with van der Waals surface area (Å²) in [5.74, 6) is -0.397. The van der Waals surface area contributed by atoms with E-state index < -0.39 is 0 Å². The zero-order chi connectivity index (χ0) is 10.7. The maximum Gasteiger partial charge on any atom is 0.308 e. The van der Waals surface area contributed by atoms with Crippen molar-refractivity contribution in [3.8, 4) is 0 Å². The molecule has 1 rings (SSSR count). The zero-order valence-corrected chi connectivity index (χ0v) is 8.87. The third kappa shape index (κ3) is 2.47. The van der Waals surface area contributed by atoms with Crippen LogP contribution in [0.4, 0.5) is 0 Å². The van der Waals surface area contributed by atoms with Crippen LogP contribution in [0.5, 0.6) is 0 Å². The van der Waals surface area contributed by atoms with Gasteiger partial charge >= 0.3 is 5.97 Å². The number of carbonyl (C=O) groups is 2. The van der Waals surface area contributed by atoms with Crippen LogP contribution in [0.2, 0.25) is 0 Å². The van der Waals surface area contributed by atoms with Gasteiger partial charge in [0.25, 0.3) is 0 Å². The van der Waals surface area contributed by atoms with Gasteiger partial charge in [0, 0.05) is 12.0 Å². The molecule has 80 valence electrons. The Morgan fingerprint density at radius 3 is 2.79 bits per heavy atom. The molecular weight excluding hydrogens is 182 g/mol. The second-order valence-corrected chi connectivity index (χ2v) is 4.00. The van der Waals surface area contributed by atoms with Crippen molar-refractivity contribution in [2.24, 2.45) is 11.8 Å². The Balaban J connectivity index is 2.44. The molecule has 1 heterocycles. The number of amides is 1. The summed E-state index contributed by atoms with van der Waals surface area (Å²) in [5.41, 5.74) is 0. The van der Waals surface area contributed by atoms with Crippen LogP contribution in [-0.2, 0) is 14.3 Å². The standard InChI is InChI=1S/C10H17NO3/c1-6(10(13)14-3)4-8-5-7(2)11-9(8)12/h6-8H,4-5H2,1-3H3,(H,11,12)/t6-,7+,8+/m0/s1. The normalized spacial score (nSPS) is 28.4. The van der Waals surface area contributed by atoms with Gasteiger partial charge in [0.05, 0.1) is 13.0 Å². The van der Waals surface area contributed by atoms with E-state index in [0.717, 1.165) is 6.42 Å². The Bertz CT molecular complexity index is 240. The smallest absolute Gasteiger partial charge is 0.308 e. The molecule has 0 spiro atoms. The van der Waals surface area contributed by atoms with Gasteiger partial charge in [-0.25, -0.2) is 0 Å². The molecule has 0 aromatic carbocycles. The van der Waals surface area contributed by atoms with Crippen LogP contribution >= 0.6 is 0 Å². The lowest BCUT2D eigenvalue weighted by molar-refractivity contribution is -0.145. The fourth-order valence-electron chi connectivity index (χ4n) is 1.88. The quantitative estimate of drug-likeness (QED) is 0.681. The van der Waals surface area contributed by atoms with E-state index >= 15 is 0 Å². The maximum atomic E-state index is 11.4.